The molecule has 0 saturated carbocycles. The summed E-state index contributed by atoms with van der Waals surface area (Å²) in [5.74, 6) is -1.19. The van der Waals surface area contributed by atoms with E-state index in [1.807, 2.05) is 6.07 Å². The number of carboxylic acid groups (broad SMARTS) is 1. The Labute approximate surface area is 195 Å². The Balaban J connectivity index is 2.42. The van der Waals surface area contributed by atoms with Gasteiger partial charge in [0.25, 0.3) is 5.69 Å². The van der Waals surface area contributed by atoms with Crippen molar-refractivity contribution in [3.63, 3.8) is 0 Å². The van der Waals surface area contributed by atoms with Crippen molar-refractivity contribution in [1.29, 1.82) is 5.26 Å². The fraction of sp³-hybridized carbons (Fsp3) is 0.300. The monoisotopic (exact) mass is 496 g/mol. The second kappa shape index (κ2) is 11.6. The van der Waals surface area contributed by atoms with E-state index >= 15 is 0 Å². The van der Waals surface area contributed by atoms with E-state index in [1.54, 1.807) is 0 Å². The van der Waals surface area contributed by atoms with E-state index in [1.165, 1.54) is 37.4 Å². The molecule has 2 N–H and O–H groups in total. The quantitative estimate of drug-likeness (QED) is 0.332. The Morgan fingerprint density at radius 1 is 1.36 bits per heavy atom. The molecule has 33 heavy (non-hydrogen) atoms. The molecule has 0 aliphatic carbocycles. The first-order valence-corrected chi connectivity index (χ1v) is 11.3. The lowest BCUT2D eigenvalue weighted by atomic mass is 10.1. The zero-order chi connectivity index (χ0) is 24.6. The number of rotatable bonds is 12. The number of ether oxygens (including phenoxy) is 1. The van der Waals surface area contributed by atoms with Crippen LogP contribution in [0.1, 0.15) is 12.0 Å². The summed E-state index contributed by atoms with van der Waals surface area (Å²) in [6.07, 6.45) is -0.465. The zero-order valence-corrected chi connectivity index (χ0v) is 19.0. The standard InChI is InChI=1S/C20H21ClN4O7S/c1-32-9-8-24(33(30,31)19-5-3-2-4-18(19)25(28)29)13-16(11-20(26)27)23-15-7-6-14(12-22)17(21)10-15/h2-7,10,16,23H,8-9,11,13H2,1H3,(H,26,27)/t16-/m0/s1. The van der Waals surface area contributed by atoms with Crippen LogP contribution in [-0.4, -0.2) is 61.6 Å². The van der Waals surface area contributed by atoms with Crippen LogP contribution in [0.4, 0.5) is 11.4 Å². The number of nitrogens with one attached hydrogen (secondary N) is 1. The summed E-state index contributed by atoms with van der Waals surface area (Å²) in [6.45, 7) is -0.527. The van der Waals surface area contributed by atoms with Gasteiger partial charge in [-0.3, -0.25) is 14.9 Å². The number of sulfonamides is 1. The van der Waals surface area contributed by atoms with Crippen molar-refractivity contribution in [2.45, 2.75) is 17.4 Å². The number of carbonyl (C=O) groups is 1. The van der Waals surface area contributed by atoms with Crippen molar-refractivity contribution in [3.8, 4) is 6.07 Å². The minimum absolute atomic E-state index is 0.0254. The minimum atomic E-state index is -4.38. The summed E-state index contributed by atoms with van der Waals surface area (Å²) in [5, 5.41) is 32.8. The summed E-state index contributed by atoms with van der Waals surface area (Å²) in [6, 6.07) is 10.2. The predicted octanol–water partition coefficient (Wildman–Crippen LogP) is 2.71. The molecule has 2 rings (SSSR count). The van der Waals surface area contributed by atoms with Crippen LogP contribution in [0, 0.1) is 21.4 Å². The van der Waals surface area contributed by atoms with Gasteiger partial charge in [0.1, 0.15) is 6.07 Å². The van der Waals surface area contributed by atoms with Gasteiger partial charge in [0.05, 0.1) is 34.6 Å². The van der Waals surface area contributed by atoms with Crippen molar-refractivity contribution >= 4 is 39.0 Å². The first-order chi connectivity index (χ1) is 15.6. The highest BCUT2D eigenvalue weighted by Crippen LogP contribution is 2.27. The molecule has 11 nitrogen and oxygen atoms in total. The summed E-state index contributed by atoms with van der Waals surface area (Å²) in [7, 11) is -3.02. The van der Waals surface area contributed by atoms with Crippen LogP contribution in [0.2, 0.25) is 5.02 Å². The highest BCUT2D eigenvalue weighted by molar-refractivity contribution is 7.89. The third kappa shape index (κ3) is 6.87. The number of nitriles is 1. The maximum Gasteiger partial charge on any atom is 0.305 e. The lowest BCUT2D eigenvalue weighted by Gasteiger charge is -2.27. The van der Waals surface area contributed by atoms with Gasteiger partial charge in [-0.1, -0.05) is 23.7 Å². The van der Waals surface area contributed by atoms with Crippen LogP contribution >= 0.6 is 11.6 Å². The Kier molecular flexibility index (Phi) is 9.12. The second-order valence-corrected chi connectivity index (χ2v) is 9.14. The molecule has 0 radical (unpaired) electrons. The number of halogens is 1. The first-order valence-electron chi connectivity index (χ1n) is 9.50. The van der Waals surface area contributed by atoms with E-state index in [9.17, 15) is 28.4 Å². The molecule has 0 bridgehead atoms. The zero-order valence-electron chi connectivity index (χ0n) is 17.5. The molecule has 0 spiro atoms. The summed E-state index contributed by atoms with van der Waals surface area (Å²) in [4.78, 5) is 21.5. The van der Waals surface area contributed by atoms with Crippen molar-refractivity contribution in [3.05, 3.63) is 63.2 Å². The Morgan fingerprint density at radius 2 is 2.06 bits per heavy atom. The Morgan fingerprint density at radius 3 is 2.64 bits per heavy atom. The van der Waals surface area contributed by atoms with Crippen molar-refractivity contribution in [2.24, 2.45) is 0 Å². The molecule has 0 amide bonds. The molecule has 2 aromatic carbocycles. The molecular weight excluding hydrogens is 476 g/mol. The van der Waals surface area contributed by atoms with Crippen LogP contribution in [0.15, 0.2) is 47.4 Å². The van der Waals surface area contributed by atoms with E-state index in [0.29, 0.717) is 5.69 Å². The topological polar surface area (TPSA) is 163 Å². The maximum absolute atomic E-state index is 13.3. The number of nitro benzene ring substituents is 1. The number of aliphatic carboxylic acids is 1. The van der Waals surface area contributed by atoms with E-state index in [2.05, 4.69) is 5.32 Å². The number of nitrogens with zero attached hydrogens (tertiary/aromatic N) is 3. The number of methoxy groups -OCH3 is 1. The van der Waals surface area contributed by atoms with E-state index in [0.717, 1.165) is 16.4 Å². The number of carboxylic acids is 1. The second-order valence-electron chi connectivity index (χ2n) is 6.83. The summed E-state index contributed by atoms with van der Waals surface area (Å²) >= 11 is 6.03. The molecule has 0 saturated heterocycles. The molecule has 2 aromatic rings. The van der Waals surface area contributed by atoms with Crippen LogP contribution < -0.4 is 5.32 Å². The molecule has 176 valence electrons. The van der Waals surface area contributed by atoms with Crippen LogP contribution in [0.25, 0.3) is 0 Å². The largest absolute Gasteiger partial charge is 0.481 e. The molecule has 0 unspecified atom stereocenters. The van der Waals surface area contributed by atoms with Gasteiger partial charge in [0.2, 0.25) is 10.0 Å². The Hall–Kier alpha value is -3.24. The lowest BCUT2D eigenvalue weighted by Crippen LogP contribution is -2.43. The summed E-state index contributed by atoms with van der Waals surface area (Å²) in [5.41, 5.74) is -0.000692. The van der Waals surface area contributed by atoms with Gasteiger partial charge in [-0.15, -0.1) is 0 Å². The maximum atomic E-state index is 13.3. The van der Waals surface area contributed by atoms with Crippen LogP contribution in [0.5, 0.6) is 0 Å². The highest BCUT2D eigenvalue weighted by Gasteiger charge is 2.33. The number of hydrogen-bond acceptors (Lipinski definition) is 8. The van der Waals surface area contributed by atoms with E-state index < -0.39 is 44.0 Å². The number of anilines is 1. The van der Waals surface area contributed by atoms with Crippen molar-refractivity contribution in [1.82, 2.24) is 4.31 Å². The predicted molar refractivity (Wildman–Crippen MR) is 120 cm³/mol. The molecule has 0 aliphatic rings. The van der Waals surface area contributed by atoms with Gasteiger partial charge in [0.15, 0.2) is 4.90 Å². The molecule has 13 heteroatoms. The normalized spacial score (nSPS) is 12.2. The van der Waals surface area contributed by atoms with E-state index in [-0.39, 0.29) is 30.3 Å². The molecule has 0 aromatic heterocycles. The fourth-order valence-corrected chi connectivity index (χ4v) is 4.87. The molecular formula is C20H21ClN4O7S. The van der Waals surface area contributed by atoms with Gasteiger partial charge >= 0.3 is 5.97 Å². The van der Waals surface area contributed by atoms with Crippen LogP contribution in [0.3, 0.4) is 0 Å². The van der Waals surface area contributed by atoms with Gasteiger partial charge in [-0.2, -0.15) is 9.57 Å². The van der Waals surface area contributed by atoms with Crippen LogP contribution in [-0.2, 0) is 19.6 Å². The number of nitro groups is 1. The number of hydrogen-bond donors (Lipinski definition) is 2. The third-order valence-corrected chi connectivity index (χ3v) is 6.76. The average molecular weight is 497 g/mol. The van der Waals surface area contributed by atoms with Gasteiger partial charge in [-0.25, -0.2) is 8.42 Å². The Bertz CT molecular complexity index is 1170. The lowest BCUT2D eigenvalue weighted by molar-refractivity contribution is -0.387. The number of para-hydroxylation sites is 1. The SMILES string of the molecule is COCCN(C[C@H](CC(=O)O)Nc1ccc(C#N)c(Cl)c1)S(=O)(=O)c1ccccc1[N+](=O)[O-]. The third-order valence-electron chi connectivity index (χ3n) is 4.53. The molecule has 0 fully saturated rings. The molecule has 0 aliphatic heterocycles. The van der Waals surface area contributed by atoms with Gasteiger partial charge in [0, 0.05) is 32.0 Å². The fourth-order valence-electron chi connectivity index (χ4n) is 3.02. The van der Waals surface area contributed by atoms with Crippen molar-refractivity contribution < 1.29 is 28.0 Å². The summed E-state index contributed by atoms with van der Waals surface area (Å²) < 4.78 is 32.5. The highest BCUT2D eigenvalue weighted by atomic mass is 35.5. The number of benzene rings is 2. The van der Waals surface area contributed by atoms with E-state index in [4.69, 9.17) is 21.6 Å². The first kappa shape index (κ1) is 26.0. The smallest absolute Gasteiger partial charge is 0.305 e. The molecule has 0 heterocycles. The van der Waals surface area contributed by atoms with Crippen molar-refractivity contribution in [2.75, 3.05) is 32.1 Å². The van der Waals surface area contributed by atoms with Gasteiger partial charge in [-0.05, 0) is 24.3 Å². The molecule has 1 atom stereocenters. The van der Waals surface area contributed by atoms with Gasteiger partial charge < -0.3 is 15.2 Å². The minimum Gasteiger partial charge on any atom is -0.481 e. The average Bonchev–Trinajstić information content (AvgIpc) is 2.76.